The minimum atomic E-state index is -0.572. The molecule has 1 N–H and O–H groups in total. The van der Waals surface area contributed by atoms with Crippen LogP contribution in [0.1, 0.15) is 43.4 Å². The van der Waals surface area contributed by atoms with Crippen molar-refractivity contribution in [3.8, 4) is 0 Å². The second kappa shape index (κ2) is 8.05. The molecular formula is C21H21NO5. The number of aromatic nitrogens is 1. The number of aryl methyl sites for hydroxylation is 1. The molecule has 0 aliphatic carbocycles. The van der Waals surface area contributed by atoms with E-state index in [9.17, 15) is 9.59 Å². The number of hydrogen-bond donors (Lipinski definition) is 1. The number of furan rings is 1. The lowest BCUT2D eigenvalue weighted by molar-refractivity contribution is 0.0474. The van der Waals surface area contributed by atoms with E-state index in [1.54, 1.807) is 36.6 Å². The zero-order chi connectivity index (χ0) is 19.4. The molecule has 3 rings (SSSR count). The average Bonchev–Trinajstić information content (AvgIpc) is 3.29. The third-order valence-corrected chi connectivity index (χ3v) is 4.47. The van der Waals surface area contributed by atoms with Crippen LogP contribution in [-0.2, 0) is 17.9 Å². The zero-order valence-electron chi connectivity index (χ0n) is 15.3. The number of aliphatic hydroxyl groups excluding tert-OH is 1. The predicted molar refractivity (Wildman–Crippen MR) is 98.7 cm³/mol. The van der Waals surface area contributed by atoms with Crippen LogP contribution >= 0.6 is 0 Å². The molecule has 0 saturated heterocycles. The van der Waals surface area contributed by atoms with Crippen molar-refractivity contribution >= 4 is 11.8 Å². The van der Waals surface area contributed by atoms with Crippen molar-refractivity contribution in [2.75, 3.05) is 6.61 Å². The van der Waals surface area contributed by atoms with Crippen LogP contribution in [0.3, 0.4) is 0 Å². The van der Waals surface area contributed by atoms with E-state index >= 15 is 0 Å². The van der Waals surface area contributed by atoms with Crippen LogP contribution in [0.2, 0.25) is 0 Å². The van der Waals surface area contributed by atoms with Crippen LogP contribution in [0.25, 0.3) is 0 Å². The molecule has 0 amide bonds. The lowest BCUT2D eigenvalue weighted by Gasteiger charge is -2.08. The van der Waals surface area contributed by atoms with Crippen LogP contribution < -0.4 is 0 Å². The molecule has 2 aromatic heterocycles. The molecule has 0 atom stereocenters. The molecule has 6 nitrogen and oxygen atoms in total. The van der Waals surface area contributed by atoms with E-state index in [2.05, 4.69) is 0 Å². The van der Waals surface area contributed by atoms with Crippen molar-refractivity contribution in [3.05, 3.63) is 82.6 Å². The minimum Gasteiger partial charge on any atom is -0.467 e. The van der Waals surface area contributed by atoms with Gasteiger partial charge in [-0.15, -0.1) is 0 Å². The summed E-state index contributed by atoms with van der Waals surface area (Å²) in [6, 6.07) is 11.9. The van der Waals surface area contributed by atoms with E-state index in [0.717, 1.165) is 17.1 Å². The van der Waals surface area contributed by atoms with Gasteiger partial charge in [-0.1, -0.05) is 12.1 Å². The van der Waals surface area contributed by atoms with E-state index in [0.29, 0.717) is 23.2 Å². The van der Waals surface area contributed by atoms with Gasteiger partial charge in [0.1, 0.15) is 5.76 Å². The summed E-state index contributed by atoms with van der Waals surface area (Å²) in [5.74, 6) is -0.0279. The number of carbonyl (C=O) groups is 2. The van der Waals surface area contributed by atoms with Gasteiger partial charge < -0.3 is 18.8 Å². The Morgan fingerprint density at radius 3 is 2.52 bits per heavy atom. The van der Waals surface area contributed by atoms with Crippen molar-refractivity contribution in [1.82, 2.24) is 4.57 Å². The summed E-state index contributed by atoms with van der Waals surface area (Å²) in [5.41, 5.74) is 3.30. The molecule has 0 aliphatic heterocycles. The Bertz CT molecular complexity index is 936. The molecule has 2 heterocycles. The summed E-state index contributed by atoms with van der Waals surface area (Å²) >= 11 is 0. The second-order valence-electron chi connectivity index (χ2n) is 6.30. The first-order valence-corrected chi connectivity index (χ1v) is 8.59. The molecule has 0 spiro atoms. The standard InChI is InChI=1S/C21H21NO5/c1-14-10-19(15(2)22(14)11-18-4-3-9-26-18)20(24)13-27-21(25)17-7-5-16(12-23)6-8-17/h3-10,23H,11-13H2,1-2H3. The number of nitrogens with zero attached hydrogens (tertiary/aromatic N) is 1. The fourth-order valence-corrected chi connectivity index (χ4v) is 2.92. The Labute approximate surface area is 157 Å². The molecule has 1 aromatic carbocycles. The van der Waals surface area contributed by atoms with Gasteiger partial charge in [-0.25, -0.2) is 4.79 Å². The fourth-order valence-electron chi connectivity index (χ4n) is 2.92. The van der Waals surface area contributed by atoms with Crippen molar-refractivity contribution in [1.29, 1.82) is 0 Å². The second-order valence-corrected chi connectivity index (χ2v) is 6.30. The summed E-state index contributed by atoms with van der Waals surface area (Å²) < 4.78 is 12.5. The SMILES string of the molecule is Cc1cc(C(=O)COC(=O)c2ccc(CO)cc2)c(C)n1Cc1ccco1. The van der Waals surface area contributed by atoms with Crippen LogP contribution in [0, 0.1) is 13.8 Å². The monoisotopic (exact) mass is 367 g/mol. The molecule has 0 radical (unpaired) electrons. The molecule has 3 aromatic rings. The molecule has 6 heteroatoms. The fraction of sp³-hybridized carbons (Fsp3) is 0.238. The summed E-state index contributed by atoms with van der Waals surface area (Å²) in [5, 5.41) is 9.03. The lowest BCUT2D eigenvalue weighted by Crippen LogP contribution is -2.15. The maximum atomic E-state index is 12.5. The molecule has 0 aliphatic rings. The van der Waals surface area contributed by atoms with Crippen molar-refractivity contribution in [2.45, 2.75) is 27.0 Å². The Balaban J connectivity index is 1.66. The Hall–Kier alpha value is -3.12. The van der Waals surface area contributed by atoms with Gasteiger partial charge in [0.2, 0.25) is 5.78 Å². The lowest BCUT2D eigenvalue weighted by atomic mass is 10.1. The number of esters is 1. The van der Waals surface area contributed by atoms with Gasteiger partial charge in [-0.05, 0) is 49.7 Å². The topological polar surface area (TPSA) is 81.7 Å². The number of aliphatic hydroxyl groups is 1. The number of ether oxygens (including phenoxy) is 1. The Morgan fingerprint density at radius 1 is 1.15 bits per heavy atom. The third-order valence-electron chi connectivity index (χ3n) is 4.47. The highest BCUT2D eigenvalue weighted by Crippen LogP contribution is 2.18. The van der Waals surface area contributed by atoms with E-state index in [4.69, 9.17) is 14.3 Å². The molecule has 0 bridgehead atoms. The van der Waals surface area contributed by atoms with E-state index in [1.807, 2.05) is 30.5 Å². The minimum absolute atomic E-state index is 0.0958. The predicted octanol–water partition coefficient (Wildman–Crippen LogP) is 3.28. The van der Waals surface area contributed by atoms with E-state index in [-0.39, 0.29) is 19.0 Å². The highest BCUT2D eigenvalue weighted by molar-refractivity contribution is 6.00. The number of carbonyl (C=O) groups excluding carboxylic acids is 2. The van der Waals surface area contributed by atoms with Gasteiger partial charge in [0.05, 0.1) is 25.0 Å². The first-order valence-electron chi connectivity index (χ1n) is 8.59. The Morgan fingerprint density at radius 2 is 1.89 bits per heavy atom. The van der Waals surface area contributed by atoms with Crippen LogP contribution in [0.5, 0.6) is 0 Å². The zero-order valence-corrected chi connectivity index (χ0v) is 15.3. The number of hydrogen-bond acceptors (Lipinski definition) is 5. The molecule has 140 valence electrons. The van der Waals surface area contributed by atoms with Crippen LogP contribution in [0.4, 0.5) is 0 Å². The number of rotatable bonds is 7. The van der Waals surface area contributed by atoms with Gasteiger partial charge in [0, 0.05) is 17.0 Å². The maximum Gasteiger partial charge on any atom is 0.338 e. The van der Waals surface area contributed by atoms with Crippen LogP contribution in [0.15, 0.2) is 53.1 Å². The van der Waals surface area contributed by atoms with E-state index in [1.165, 1.54) is 0 Å². The first-order chi connectivity index (χ1) is 13.0. The molecular weight excluding hydrogens is 346 g/mol. The molecule has 0 unspecified atom stereocenters. The summed E-state index contributed by atoms with van der Waals surface area (Å²) in [6.07, 6.45) is 1.61. The molecule has 27 heavy (non-hydrogen) atoms. The maximum absolute atomic E-state index is 12.5. The van der Waals surface area contributed by atoms with Gasteiger partial charge in [-0.2, -0.15) is 0 Å². The highest BCUT2D eigenvalue weighted by Gasteiger charge is 2.18. The van der Waals surface area contributed by atoms with Gasteiger partial charge in [0.15, 0.2) is 6.61 Å². The van der Waals surface area contributed by atoms with Crippen molar-refractivity contribution < 1.29 is 23.8 Å². The van der Waals surface area contributed by atoms with E-state index < -0.39 is 5.97 Å². The normalized spacial score (nSPS) is 10.8. The highest BCUT2D eigenvalue weighted by atomic mass is 16.5. The van der Waals surface area contributed by atoms with Crippen LogP contribution in [-0.4, -0.2) is 28.0 Å². The van der Waals surface area contributed by atoms with Crippen molar-refractivity contribution in [2.24, 2.45) is 0 Å². The average molecular weight is 367 g/mol. The quantitative estimate of drug-likeness (QED) is 0.512. The number of ketones is 1. The first kappa shape index (κ1) is 18.7. The number of Topliss-reactive ketones (excluding diaryl/α,β-unsaturated/α-hetero) is 1. The number of benzene rings is 1. The Kier molecular flexibility index (Phi) is 5.57. The molecule has 0 fully saturated rings. The van der Waals surface area contributed by atoms with Gasteiger partial charge in [-0.3, -0.25) is 4.79 Å². The van der Waals surface area contributed by atoms with Gasteiger partial charge >= 0.3 is 5.97 Å². The largest absolute Gasteiger partial charge is 0.467 e. The smallest absolute Gasteiger partial charge is 0.338 e. The summed E-state index contributed by atoms with van der Waals surface area (Å²) in [4.78, 5) is 24.6. The molecule has 0 saturated carbocycles. The summed E-state index contributed by atoms with van der Waals surface area (Å²) in [7, 11) is 0. The third kappa shape index (κ3) is 4.17. The summed E-state index contributed by atoms with van der Waals surface area (Å²) in [6.45, 7) is 3.89. The van der Waals surface area contributed by atoms with Crippen molar-refractivity contribution in [3.63, 3.8) is 0 Å². The van der Waals surface area contributed by atoms with Gasteiger partial charge in [0.25, 0.3) is 0 Å².